The van der Waals surface area contributed by atoms with Gasteiger partial charge in [-0.2, -0.15) is 35.1 Å². The summed E-state index contributed by atoms with van der Waals surface area (Å²) in [5.41, 5.74) is -0.806. The summed E-state index contributed by atoms with van der Waals surface area (Å²) in [4.78, 5) is 28.2. The molecule has 8 unspecified atom stereocenters. The molecule has 0 bridgehead atoms. The fraction of sp³-hybridized carbons (Fsp3) is 0.814. The zero-order chi connectivity index (χ0) is 44.8. The van der Waals surface area contributed by atoms with Gasteiger partial charge in [0.2, 0.25) is 0 Å². The van der Waals surface area contributed by atoms with Crippen molar-refractivity contribution in [3.63, 3.8) is 0 Å². The summed E-state index contributed by atoms with van der Waals surface area (Å²) in [6, 6.07) is 0. The summed E-state index contributed by atoms with van der Waals surface area (Å²) in [5, 5.41) is 0. The van der Waals surface area contributed by atoms with Crippen molar-refractivity contribution < 1.29 is 82.6 Å². The molecule has 3 aliphatic heterocycles. The molecule has 8 atom stereocenters. The molecule has 6 fully saturated rings. The number of halogens is 8. The van der Waals surface area contributed by atoms with Gasteiger partial charge in [0.25, 0.3) is 17.8 Å². The SMILES string of the molecule is CCC1(C(=O)OCC2OC(=C3CC(C)CC(C)C3)OC2COC(=O)C2(CC)CC(=C3OCC(F)(F)C(F)(F)CO3)CC(C)C2)CC(=C2OCC(F)(F)C(F)(F)CO2)CC(C)C1. The molecule has 0 spiro atoms. The van der Waals surface area contributed by atoms with Gasteiger partial charge in [0.05, 0.1) is 10.8 Å². The summed E-state index contributed by atoms with van der Waals surface area (Å²) >= 11 is 0. The van der Waals surface area contributed by atoms with Crippen LogP contribution in [0.4, 0.5) is 35.1 Å². The van der Waals surface area contributed by atoms with Gasteiger partial charge in [-0.1, -0.05) is 41.5 Å². The topological polar surface area (TPSA) is 108 Å². The van der Waals surface area contributed by atoms with Gasteiger partial charge < -0.3 is 37.9 Å². The Morgan fingerprint density at radius 3 is 1.18 bits per heavy atom. The molecule has 61 heavy (non-hydrogen) atoms. The highest BCUT2D eigenvalue weighted by Crippen LogP contribution is 2.50. The average Bonchev–Trinajstić information content (AvgIpc) is 3.51. The van der Waals surface area contributed by atoms with Gasteiger partial charge in [-0.15, -0.1) is 0 Å². The molecular weight excluding hydrogens is 828 g/mol. The van der Waals surface area contributed by atoms with Crippen LogP contribution in [-0.4, -0.2) is 87.5 Å². The third kappa shape index (κ3) is 9.82. The molecule has 0 aromatic heterocycles. The lowest BCUT2D eigenvalue weighted by Gasteiger charge is -2.39. The van der Waals surface area contributed by atoms with Crippen molar-refractivity contribution in [3.8, 4) is 0 Å². The molecule has 0 amide bonds. The lowest BCUT2D eigenvalue weighted by molar-refractivity contribution is -0.222. The number of hydrogen-bond donors (Lipinski definition) is 0. The van der Waals surface area contributed by atoms with E-state index in [1.54, 1.807) is 13.8 Å². The quantitative estimate of drug-likeness (QED) is 0.173. The number of alkyl halides is 8. The minimum absolute atomic E-state index is 0.0378. The molecule has 6 aliphatic rings. The van der Waals surface area contributed by atoms with Crippen LogP contribution >= 0.6 is 0 Å². The predicted octanol–water partition coefficient (Wildman–Crippen LogP) is 10.0. The molecule has 0 radical (unpaired) electrons. The summed E-state index contributed by atoms with van der Waals surface area (Å²) in [7, 11) is 0. The highest BCUT2D eigenvalue weighted by Gasteiger charge is 2.61. The second kappa shape index (κ2) is 17.5. The standard InChI is InChI=1S/C43H58F8O10/c1-7-38(14-26(5)12-29(16-38)33-56-20-40(44,45)41(46,47)21-57-33)36(52)54-18-31-32(61-35(60-31)28-10-24(3)9-25(4)11-28)19-55-37(53)39(8-2)15-27(6)13-30(17-39)34-58-22-42(48,49)43(50,51)23-59-34/h24-27,31-32H,7-23H2,1-6H3. The van der Waals surface area contributed by atoms with E-state index in [4.69, 9.17) is 37.9 Å². The number of esters is 2. The molecule has 3 aliphatic carbocycles. The minimum atomic E-state index is -4.46. The monoisotopic (exact) mass is 886 g/mol. The van der Waals surface area contributed by atoms with Crippen LogP contribution in [0.1, 0.15) is 112 Å². The van der Waals surface area contributed by atoms with Crippen molar-refractivity contribution >= 4 is 11.9 Å². The first-order valence-corrected chi connectivity index (χ1v) is 21.3. The van der Waals surface area contributed by atoms with Crippen molar-refractivity contribution in [3.05, 3.63) is 34.6 Å². The Morgan fingerprint density at radius 2 is 0.852 bits per heavy atom. The van der Waals surface area contributed by atoms with Crippen LogP contribution in [0.3, 0.4) is 0 Å². The second-order valence-electron chi connectivity index (χ2n) is 18.7. The number of carbonyl (C=O) groups is 2. The maximum atomic E-state index is 14.1. The lowest BCUT2D eigenvalue weighted by atomic mass is 9.66. The largest absolute Gasteiger partial charge is 0.461 e. The van der Waals surface area contributed by atoms with E-state index in [2.05, 4.69) is 13.8 Å². The Hall–Kier alpha value is -3.60. The summed E-state index contributed by atoms with van der Waals surface area (Å²) in [6.45, 7) is 4.45. The molecule has 0 N–H and O–H groups in total. The van der Waals surface area contributed by atoms with Crippen LogP contribution in [0.5, 0.6) is 0 Å². The number of hydrogen-bond acceptors (Lipinski definition) is 10. The van der Waals surface area contributed by atoms with Crippen LogP contribution in [0.25, 0.3) is 0 Å². The second-order valence-corrected chi connectivity index (χ2v) is 18.7. The van der Waals surface area contributed by atoms with Crippen LogP contribution < -0.4 is 0 Å². The average molecular weight is 887 g/mol. The van der Waals surface area contributed by atoms with E-state index < -0.39 is 97.0 Å². The summed E-state index contributed by atoms with van der Waals surface area (Å²) < 4.78 is 158. The molecule has 6 rings (SSSR count). The van der Waals surface area contributed by atoms with E-state index in [1.165, 1.54) is 0 Å². The molecule has 18 heteroatoms. The van der Waals surface area contributed by atoms with Gasteiger partial charge in [0.15, 0.2) is 38.6 Å². The number of carbonyl (C=O) groups excluding carboxylic acids is 2. The number of rotatable bonds is 8. The highest BCUT2D eigenvalue weighted by molar-refractivity contribution is 5.78. The Morgan fingerprint density at radius 1 is 0.525 bits per heavy atom. The Balaban J connectivity index is 1.19. The van der Waals surface area contributed by atoms with Crippen molar-refractivity contribution in [2.24, 2.45) is 34.5 Å². The van der Waals surface area contributed by atoms with E-state index in [0.717, 1.165) is 12.0 Å². The fourth-order valence-corrected chi connectivity index (χ4v) is 9.88. The summed E-state index contributed by atoms with van der Waals surface area (Å²) in [6.07, 6.45) is 2.19. The third-order valence-corrected chi connectivity index (χ3v) is 13.1. The fourth-order valence-electron chi connectivity index (χ4n) is 9.88. The van der Waals surface area contributed by atoms with Crippen molar-refractivity contribution in [2.45, 2.75) is 148 Å². The van der Waals surface area contributed by atoms with Crippen LogP contribution in [0, 0.1) is 34.5 Å². The van der Waals surface area contributed by atoms with Gasteiger partial charge in [-0.25, -0.2) is 0 Å². The Kier molecular flexibility index (Phi) is 13.5. The van der Waals surface area contributed by atoms with E-state index in [0.29, 0.717) is 48.7 Å². The molecule has 0 aromatic carbocycles. The first-order valence-electron chi connectivity index (χ1n) is 21.3. The maximum absolute atomic E-state index is 14.1. The zero-order valence-electron chi connectivity index (χ0n) is 35.6. The van der Waals surface area contributed by atoms with Gasteiger partial charge in [-0.3, -0.25) is 9.59 Å². The summed E-state index contributed by atoms with van der Waals surface area (Å²) in [5.74, 6) is -19.4. The first kappa shape index (κ1) is 46.9. The molecule has 3 heterocycles. The molecule has 3 saturated heterocycles. The zero-order valence-corrected chi connectivity index (χ0v) is 35.6. The van der Waals surface area contributed by atoms with Gasteiger partial charge in [-0.05, 0) is 94.3 Å². The smallest absolute Gasteiger partial charge is 0.346 e. The van der Waals surface area contributed by atoms with E-state index >= 15 is 0 Å². The number of allylic oxidation sites excluding steroid dienone is 3. The van der Waals surface area contributed by atoms with Gasteiger partial charge in [0, 0.05) is 16.7 Å². The molecule has 3 saturated carbocycles. The van der Waals surface area contributed by atoms with E-state index in [-0.39, 0.29) is 69.5 Å². The Labute approximate surface area is 351 Å². The highest BCUT2D eigenvalue weighted by atomic mass is 19.3. The normalized spacial score (nSPS) is 35.8. The van der Waals surface area contributed by atoms with Crippen molar-refractivity contribution in [2.75, 3.05) is 39.6 Å². The van der Waals surface area contributed by atoms with Crippen LogP contribution in [0.2, 0.25) is 0 Å². The molecular formula is C43H58F8O10. The Bertz CT molecular complexity index is 1590. The maximum Gasteiger partial charge on any atom is 0.346 e. The predicted molar refractivity (Wildman–Crippen MR) is 200 cm³/mol. The van der Waals surface area contributed by atoms with Gasteiger partial charge in [0.1, 0.15) is 13.2 Å². The molecule has 0 aromatic rings. The number of ether oxygens (including phenoxy) is 8. The molecule has 10 nitrogen and oxygen atoms in total. The van der Waals surface area contributed by atoms with Crippen molar-refractivity contribution in [1.82, 2.24) is 0 Å². The van der Waals surface area contributed by atoms with E-state index in [9.17, 15) is 44.7 Å². The lowest BCUT2D eigenvalue weighted by Crippen LogP contribution is -2.45. The van der Waals surface area contributed by atoms with Crippen LogP contribution in [-0.2, 0) is 47.5 Å². The molecule has 346 valence electrons. The van der Waals surface area contributed by atoms with Crippen molar-refractivity contribution in [1.29, 1.82) is 0 Å². The van der Waals surface area contributed by atoms with Gasteiger partial charge >= 0.3 is 35.6 Å². The van der Waals surface area contributed by atoms with E-state index in [1.807, 2.05) is 13.8 Å². The first-order chi connectivity index (χ1) is 28.4. The van der Waals surface area contributed by atoms with Crippen LogP contribution in [0.15, 0.2) is 34.6 Å². The third-order valence-electron chi connectivity index (χ3n) is 13.1. The minimum Gasteiger partial charge on any atom is -0.461 e.